The predicted octanol–water partition coefficient (Wildman–Crippen LogP) is 4.16. The molecular weight excluding hydrogens is 319 g/mol. The van der Waals surface area contributed by atoms with Crippen LogP contribution in [0, 0.1) is 12.7 Å². The van der Waals surface area contributed by atoms with Gasteiger partial charge in [0.05, 0.1) is 11.4 Å². The van der Waals surface area contributed by atoms with Gasteiger partial charge in [-0.3, -0.25) is 0 Å². The Morgan fingerprint density at radius 2 is 2.00 bits per heavy atom. The summed E-state index contributed by atoms with van der Waals surface area (Å²) in [5.41, 5.74) is 9.29. The molecule has 0 aliphatic rings. The maximum Gasteiger partial charge on any atom is 0.148 e. The molecule has 0 aliphatic heterocycles. The molecule has 2 nitrogen and oxygen atoms in total. The first-order valence-corrected chi connectivity index (χ1v) is 7.28. The van der Waals surface area contributed by atoms with Crippen LogP contribution in [0.4, 0.5) is 15.8 Å². The molecule has 0 heterocycles. The summed E-state index contributed by atoms with van der Waals surface area (Å²) in [5, 5.41) is 0. The van der Waals surface area contributed by atoms with Gasteiger partial charge in [0.1, 0.15) is 5.82 Å². The molecular formula is C16H18BrFN2. The lowest BCUT2D eigenvalue weighted by molar-refractivity contribution is 0.623. The van der Waals surface area contributed by atoms with E-state index >= 15 is 0 Å². The van der Waals surface area contributed by atoms with Crippen LogP contribution in [0.15, 0.2) is 40.9 Å². The highest BCUT2D eigenvalue weighted by atomic mass is 79.9. The van der Waals surface area contributed by atoms with Crippen LogP contribution in [-0.4, -0.2) is 13.6 Å². The van der Waals surface area contributed by atoms with Gasteiger partial charge in [-0.15, -0.1) is 0 Å². The number of aryl methyl sites for hydroxylation is 1. The largest absolute Gasteiger partial charge is 0.397 e. The van der Waals surface area contributed by atoms with Crippen molar-refractivity contribution in [1.82, 2.24) is 0 Å². The summed E-state index contributed by atoms with van der Waals surface area (Å²) in [7, 11) is 1.86. The summed E-state index contributed by atoms with van der Waals surface area (Å²) in [6.45, 7) is 2.79. The van der Waals surface area contributed by atoms with E-state index in [2.05, 4.69) is 35.0 Å². The molecule has 0 aromatic heterocycles. The number of hydrogen-bond acceptors (Lipinski definition) is 2. The molecule has 2 N–H and O–H groups in total. The Balaban J connectivity index is 2.13. The Morgan fingerprint density at radius 3 is 2.70 bits per heavy atom. The molecule has 106 valence electrons. The number of halogens is 2. The summed E-state index contributed by atoms with van der Waals surface area (Å²) < 4.78 is 14.9. The van der Waals surface area contributed by atoms with Crippen molar-refractivity contribution in [1.29, 1.82) is 0 Å². The minimum absolute atomic E-state index is 0.279. The van der Waals surface area contributed by atoms with E-state index in [4.69, 9.17) is 5.73 Å². The van der Waals surface area contributed by atoms with Crippen LogP contribution in [0.1, 0.15) is 11.1 Å². The smallest absolute Gasteiger partial charge is 0.148 e. The monoisotopic (exact) mass is 336 g/mol. The van der Waals surface area contributed by atoms with Crippen LogP contribution in [0.3, 0.4) is 0 Å². The van der Waals surface area contributed by atoms with Crippen molar-refractivity contribution < 1.29 is 4.39 Å². The molecule has 0 aliphatic carbocycles. The predicted molar refractivity (Wildman–Crippen MR) is 86.7 cm³/mol. The standard InChI is InChI=1S/C16H18BrFN2/c1-11-6-7-13(17)10-12(11)8-9-20(2)16-14(18)4-3-5-15(16)19/h3-7,10H,8-9,19H2,1-2H3. The number of likely N-dealkylation sites (N-methyl/N-ethyl adjacent to an activating group) is 1. The van der Waals surface area contributed by atoms with E-state index < -0.39 is 0 Å². The van der Waals surface area contributed by atoms with E-state index in [1.807, 2.05) is 18.0 Å². The van der Waals surface area contributed by atoms with Gasteiger partial charge in [-0.05, 0) is 48.7 Å². The van der Waals surface area contributed by atoms with Crippen molar-refractivity contribution in [2.45, 2.75) is 13.3 Å². The molecule has 0 atom stereocenters. The van der Waals surface area contributed by atoms with Gasteiger partial charge in [-0.25, -0.2) is 4.39 Å². The van der Waals surface area contributed by atoms with E-state index in [0.29, 0.717) is 17.9 Å². The third-order valence-electron chi connectivity index (χ3n) is 3.43. The lowest BCUT2D eigenvalue weighted by Gasteiger charge is -2.22. The van der Waals surface area contributed by atoms with E-state index in [0.717, 1.165) is 10.9 Å². The van der Waals surface area contributed by atoms with E-state index in [-0.39, 0.29) is 5.82 Å². The SMILES string of the molecule is Cc1ccc(Br)cc1CCN(C)c1c(N)cccc1F. The number of hydrogen-bond donors (Lipinski definition) is 1. The van der Waals surface area contributed by atoms with Gasteiger partial charge in [0, 0.05) is 18.1 Å². The zero-order valence-electron chi connectivity index (χ0n) is 11.7. The Labute approximate surface area is 127 Å². The third kappa shape index (κ3) is 3.31. The zero-order chi connectivity index (χ0) is 14.7. The van der Waals surface area contributed by atoms with Crippen LogP contribution in [-0.2, 0) is 6.42 Å². The maximum absolute atomic E-state index is 13.8. The first-order chi connectivity index (χ1) is 9.49. The Hall–Kier alpha value is -1.55. The highest BCUT2D eigenvalue weighted by Gasteiger charge is 2.11. The number of anilines is 2. The van der Waals surface area contributed by atoms with E-state index in [1.54, 1.807) is 12.1 Å². The molecule has 2 rings (SSSR count). The van der Waals surface area contributed by atoms with Gasteiger partial charge in [0.2, 0.25) is 0 Å². The van der Waals surface area contributed by atoms with E-state index in [1.165, 1.54) is 17.2 Å². The Kier molecular flexibility index (Phi) is 4.65. The second kappa shape index (κ2) is 6.27. The fourth-order valence-electron chi connectivity index (χ4n) is 2.24. The molecule has 0 saturated carbocycles. The van der Waals surface area contributed by atoms with Crippen LogP contribution in [0.25, 0.3) is 0 Å². The quantitative estimate of drug-likeness (QED) is 0.849. The second-order valence-corrected chi connectivity index (χ2v) is 5.84. The normalized spacial score (nSPS) is 10.6. The van der Waals surface area contributed by atoms with Crippen LogP contribution in [0.5, 0.6) is 0 Å². The van der Waals surface area contributed by atoms with Gasteiger partial charge < -0.3 is 10.6 Å². The third-order valence-corrected chi connectivity index (χ3v) is 3.92. The summed E-state index contributed by atoms with van der Waals surface area (Å²) in [6, 6.07) is 11.0. The van der Waals surface area contributed by atoms with Crippen molar-refractivity contribution in [3.05, 3.63) is 57.8 Å². The fourth-order valence-corrected chi connectivity index (χ4v) is 2.65. The van der Waals surface area contributed by atoms with Gasteiger partial charge in [0.25, 0.3) is 0 Å². The van der Waals surface area contributed by atoms with Crippen LogP contribution in [0.2, 0.25) is 0 Å². The molecule has 0 saturated heterocycles. The molecule has 0 amide bonds. The van der Waals surface area contributed by atoms with Crippen molar-refractivity contribution in [2.24, 2.45) is 0 Å². The molecule has 4 heteroatoms. The minimum atomic E-state index is -0.279. The van der Waals surface area contributed by atoms with Gasteiger partial charge in [-0.2, -0.15) is 0 Å². The number of nitrogens with zero attached hydrogens (tertiary/aromatic N) is 1. The molecule has 0 radical (unpaired) electrons. The van der Waals surface area contributed by atoms with E-state index in [9.17, 15) is 4.39 Å². The number of nitrogen functional groups attached to an aromatic ring is 1. The second-order valence-electron chi connectivity index (χ2n) is 4.92. The Morgan fingerprint density at radius 1 is 1.25 bits per heavy atom. The highest BCUT2D eigenvalue weighted by Crippen LogP contribution is 2.26. The minimum Gasteiger partial charge on any atom is -0.397 e. The number of para-hydroxylation sites is 1. The van der Waals surface area contributed by atoms with Crippen molar-refractivity contribution in [3.8, 4) is 0 Å². The molecule has 2 aromatic carbocycles. The molecule has 0 spiro atoms. The molecule has 0 bridgehead atoms. The average Bonchev–Trinajstić information content (AvgIpc) is 2.39. The topological polar surface area (TPSA) is 29.3 Å². The van der Waals surface area contributed by atoms with Crippen LogP contribution < -0.4 is 10.6 Å². The zero-order valence-corrected chi connectivity index (χ0v) is 13.2. The number of benzene rings is 2. The first kappa shape index (κ1) is 14.9. The summed E-state index contributed by atoms with van der Waals surface area (Å²) in [5.74, 6) is -0.279. The van der Waals surface area contributed by atoms with Gasteiger partial charge in [0.15, 0.2) is 0 Å². The Bertz CT molecular complexity index is 593. The van der Waals surface area contributed by atoms with Crippen molar-refractivity contribution >= 4 is 27.3 Å². The summed E-state index contributed by atoms with van der Waals surface area (Å²) >= 11 is 3.48. The van der Waals surface area contributed by atoms with Crippen LogP contribution >= 0.6 is 15.9 Å². The molecule has 0 fully saturated rings. The fraction of sp³-hybridized carbons (Fsp3) is 0.250. The lowest BCUT2D eigenvalue weighted by atomic mass is 10.1. The summed E-state index contributed by atoms with van der Waals surface area (Å²) in [4.78, 5) is 1.87. The summed E-state index contributed by atoms with van der Waals surface area (Å²) in [6.07, 6.45) is 0.843. The first-order valence-electron chi connectivity index (χ1n) is 6.49. The van der Waals surface area contributed by atoms with Gasteiger partial charge in [-0.1, -0.05) is 28.1 Å². The molecule has 0 unspecified atom stereocenters. The van der Waals surface area contributed by atoms with Crippen molar-refractivity contribution in [2.75, 3.05) is 24.2 Å². The molecule has 20 heavy (non-hydrogen) atoms. The highest BCUT2D eigenvalue weighted by molar-refractivity contribution is 9.10. The maximum atomic E-state index is 13.8. The average molecular weight is 337 g/mol. The lowest BCUT2D eigenvalue weighted by Crippen LogP contribution is -2.22. The number of nitrogens with two attached hydrogens (primary N) is 1. The van der Waals surface area contributed by atoms with Crippen molar-refractivity contribution in [3.63, 3.8) is 0 Å². The van der Waals surface area contributed by atoms with Gasteiger partial charge >= 0.3 is 0 Å². The number of rotatable bonds is 4. The molecule has 2 aromatic rings.